The molecule has 0 aromatic heterocycles. The first kappa shape index (κ1) is 12.0. The van der Waals surface area contributed by atoms with Crippen molar-refractivity contribution in [2.75, 3.05) is 13.1 Å². The van der Waals surface area contributed by atoms with Crippen molar-refractivity contribution in [1.82, 2.24) is 4.90 Å². The summed E-state index contributed by atoms with van der Waals surface area (Å²) in [6.07, 6.45) is 6.98. The van der Waals surface area contributed by atoms with Crippen molar-refractivity contribution < 1.29 is 0 Å². The van der Waals surface area contributed by atoms with Crippen molar-refractivity contribution in [3.63, 3.8) is 0 Å². The van der Waals surface area contributed by atoms with Crippen LogP contribution in [0.4, 0.5) is 0 Å². The van der Waals surface area contributed by atoms with E-state index in [1.54, 1.807) is 0 Å². The Balaban J connectivity index is 2.56. The fourth-order valence-electron chi connectivity index (χ4n) is 2.60. The predicted molar refractivity (Wildman–Crippen MR) is 62.4 cm³/mol. The molecule has 0 unspecified atom stereocenters. The first-order valence-corrected chi connectivity index (χ1v) is 6.02. The van der Waals surface area contributed by atoms with Crippen LogP contribution in [0, 0.1) is 0 Å². The van der Waals surface area contributed by atoms with E-state index < -0.39 is 0 Å². The van der Waals surface area contributed by atoms with E-state index in [1.807, 2.05) is 0 Å². The summed E-state index contributed by atoms with van der Waals surface area (Å²) in [6, 6.07) is 0.785. The van der Waals surface area contributed by atoms with Gasteiger partial charge in [-0.15, -0.1) is 0 Å². The summed E-state index contributed by atoms with van der Waals surface area (Å²) >= 11 is 0. The molecule has 1 fully saturated rings. The zero-order chi connectivity index (χ0) is 10.6. The molecule has 2 heteroatoms. The maximum Gasteiger partial charge on any atom is 0.0128 e. The van der Waals surface area contributed by atoms with Gasteiger partial charge in [-0.1, -0.05) is 19.3 Å². The zero-order valence-electron chi connectivity index (χ0n) is 10.1. The summed E-state index contributed by atoms with van der Waals surface area (Å²) in [5.41, 5.74) is 5.97. The molecule has 2 nitrogen and oxygen atoms in total. The molecule has 0 aromatic rings. The fourth-order valence-corrected chi connectivity index (χ4v) is 2.60. The van der Waals surface area contributed by atoms with Crippen LogP contribution in [-0.4, -0.2) is 29.6 Å². The van der Waals surface area contributed by atoms with Gasteiger partial charge in [-0.25, -0.2) is 0 Å². The van der Waals surface area contributed by atoms with E-state index in [2.05, 4.69) is 25.7 Å². The van der Waals surface area contributed by atoms with Crippen molar-refractivity contribution in [2.24, 2.45) is 5.73 Å². The van der Waals surface area contributed by atoms with Gasteiger partial charge < -0.3 is 5.73 Å². The maximum atomic E-state index is 5.69. The monoisotopic (exact) mass is 198 g/mol. The van der Waals surface area contributed by atoms with Crippen LogP contribution in [-0.2, 0) is 0 Å². The van der Waals surface area contributed by atoms with E-state index in [1.165, 1.54) is 32.1 Å². The zero-order valence-corrected chi connectivity index (χ0v) is 10.1. The summed E-state index contributed by atoms with van der Waals surface area (Å²) in [6.45, 7) is 8.74. The second-order valence-corrected chi connectivity index (χ2v) is 5.44. The van der Waals surface area contributed by atoms with Gasteiger partial charge in [0.25, 0.3) is 0 Å². The lowest BCUT2D eigenvalue weighted by Gasteiger charge is -2.43. The number of hydrogen-bond donors (Lipinski definition) is 1. The minimum Gasteiger partial charge on any atom is -0.329 e. The number of nitrogens with two attached hydrogens (primary N) is 1. The van der Waals surface area contributed by atoms with Crippen LogP contribution >= 0.6 is 0 Å². The third kappa shape index (κ3) is 3.25. The quantitative estimate of drug-likeness (QED) is 0.754. The Hall–Kier alpha value is -0.0800. The van der Waals surface area contributed by atoms with Gasteiger partial charge in [-0.2, -0.15) is 0 Å². The van der Waals surface area contributed by atoms with Crippen LogP contribution in [0.25, 0.3) is 0 Å². The molecule has 0 bridgehead atoms. The molecule has 0 amide bonds. The van der Waals surface area contributed by atoms with Crippen molar-refractivity contribution >= 4 is 0 Å². The minimum atomic E-state index is 0.279. The summed E-state index contributed by atoms with van der Waals surface area (Å²) in [5.74, 6) is 0. The van der Waals surface area contributed by atoms with Gasteiger partial charge in [0.2, 0.25) is 0 Å². The standard InChI is InChI=1S/C12H26N2/c1-12(2,3)14(10-9-13)11-7-5-4-6-8-11/h11H,4-10,13H2,1-3H3. The SMILES string of the molecule is CC(C)(C)N(CCN)C1CCCCC1. The number of nitrogens with zero attached hydrogens (tertiary/aromatic N) is 1. The number of hydrogen-bond acceptors (Lipinski definition) is 2. The molecule has 0 heterocycles. The minimum absolute atomic E-state index is 0.279. The number of rotatable bonds is 3. The molecular formula is C12H26N2. The molecule has 84 valence electrons. The van der Waals surface area contributed by atoms with Crippen molar-refractivity contribution in [3.8, 4) is 0 Å². The van der Waals surface area contributed by atoms with Gasteiger partial charge in [0, 0.05) is 24.7 Å². The summed E-state index contributed by atoms with van der Waals surface area (Å²) in [4.78, 5) is 2.60. The lowest BCUT2D eigenvalue weighted by Crippen LogP contribution is -2.50. The molecule has 2 N–H and O–H groups in total. The average Bonchev–Trinajstić information content (AvgIpc) is 2.14. The Morgan fingerprint density at radius 2 is 1.71 bits per heavy atom. The van der Waals surface area contributed by atoms with Crippen LogP contribution in [0.5, 0.6) is 0 Å². The smallest absolute Gasteiger partial charge is 0.0128 e. The molecule has 1 aliphatic carbocycles. The van der Waals surface area contributed by atoms with Gasteiger partial charge in [0.05, 0.1) is 0 Å². The Morgan fingerprint density at radius 3 is 2.14 bits per heavy atom. The van der Waals surface area contributed by atoms with Crippen LogP contribution in [0.3, 0.4) is 0 Å². The highest BCUT2D eigenvalue weighted by atomic mass is 15.2. The molecule has 0 aromatic carbocycles. The predicted octanol–water partition coefficient (Wildman–Crippen LogP) is 2.38. The lowest BCUT2D eigenvalue weighted by atomic mass is 9.91. The van der Waals surface area contributed by atoms with Crippen molar-refractivity contribution in [2.45, 2.75) is 64.5 Å². The van der Waals surface area contributed by atoms with Crippen LogP contribution in [0.1, 0.15) is 52.9 Å². The Kier molecular flexibility index (Phi) is 4.39. The van der Waals surface area contributed by atoms with Gasteiger partial charge in [0.1, 0.15) is 0 Å². The van der Waals surface area contributed by atoms with E-state index in [9.17, 15) is 0 Å². The second kappa shape index (κ2) is 5.13. The highest BCUT2D eigenvalue weighted by Crippen LogP contribution is 2.27. The van der Waals surface area contributed by atoms with E-state index >= 15 is 0 Å². The molecule has 1 aliphatic rings. The normalized spacial score (nSPS) is 20.4. The van der Waals surface area contributed by atoms with Crippen LogP contribution in [0.2, 0.25) is 0 Å². The Labute approximate surface area is 88.8 Å². The summed E-state index contributed by atoms with van der Waals surface area (Å²) in [5, 5.41) is 0. The molecule has 0 aliphatic heterocycles. The second-order valence-electron chi connectivity index (χ2n) is 5.44. The first-order valence-electron chi connectivity index (χ1n) is 6.02. The third-order valence-corrected chi connectivity index (χ3v) is 3.25. The van der Waals surface area contributed by atoms with E-state index in [0.29, 0.717) is 0 Å². The highest BCUT2D eigenvalue weighted by molar-refractivity contribution is 4.85. The molecule has 0 saturated heterocycles. The van der Waals surface area contributed by atoms with Gasteiger partial charge in [-0.3, -0.25) is 4.90 Å². The van der Waals surface area contributed by atoms with Gasteiger partial charge in [0.15, 0.2) is 0 Å². The van der Waals surface area contributed by atoms with E-state index in [4.69, 9.17) is 5.73 Å². The van der Waals surface area contributed by atoms with Gasteiger partial charge >= 0.3 is 0 Å². The van der Waals surface area contributed by atoms with Crippen molar-refractivity contribution in [1.29, 1.82) is 0 Å². The molecule has 0 atom stereocenters. The van der Waals surface area contributed by atoms with Gasteiger partial charge in [-0.05, 0) is 33.6 Å². The largest absolute Gasteiger partial charge is 0.329 e. The molecular weight excluding hydrogens is 172 g/mol. The van der Waals surface area contributed by atoms with Crippen LogP contribution in [0.15, 0.2) is 0 Å². The summed E-state index contributed by atoms with van der Waals surface area (Å²) in [7, 11) is 0. The molecule has 1 saturated carbocycles. The fraction of sp³-hybridized carbons (Fsp3) is 1.00. The molecule has 0 radical (unpaired) electrons. The Morgan fingerprint density at radius 1 is 1.14 bits per heavy atom. The van der Waals surface area contributed by atoms with E-state index in [0.717, 1.165) is 19.1 Å². The molecule has 0 spiro atoms. The Bertz CT molecular complexity index is 154. The summed E-state index contributed by atoms with van der Waals surface area (Å²) < 4.78 is 0. The molecule has 14 heavy (non-hydrogen) atoms. The lowest BCUT2D eigenvalue weighted by molar-refractivity contribution is 0.0638. The first-order chi connectivity index (χ1) is 6.55. The highest BCUT2D eigenvalue weighted by Gasteiger charge is 2.28. The van der Waals surface area contributed by atoms with Crippen molar-refractivity contribution in [3.05, 3.63) is 0 Å². The average molecular weight is 198 g/mol. The third-order valence-electron chi connectivity index (χ3n) is 3.25. The topological polar surface area (TPSA) is 29.3 Å². The van der Waals surface area contributed by atoms with E-state index in [-0.39, 0.29) is 5.54 Å². The maximum absolute atomic E-state index is 5.69. The molecule has 1 rings (SSSR count). The van der Waals surface area contributed by atoms with Crippen LogP contribution < -0.4 is 5.73 Å².